The summed E-state index contributed by atoms with van der Waals surface area (Å²) in [4.78, 5) is 11.2. The molecule has 1 aromatic rings. The number of nitrogens with two attached hydrogens (primary N) is 1. The van der Waals surface area contributed by atoms with Gasteiger partial charge in [0.2, 0.25) is 0 Å². The Morgan fingerprint density at radius 1 is 1.41 bits per heavy atom. The Hall–Kier alpha value is -0.690. The van der Waals surface area contributed by atoms with Crippen molar-refractivity contribution < 1.29 is 18.0 Å². The van der Waals surface area contributed by atoms with Gasteiger partial charge >= 0.3 is 5.51 Å². The van der Waals surface area contributed by atoms with Crippen LogP contribution in [0.15, 0.2) is 23.1 Å². The van der Waals surface area contributed by atoms with Crippen molar-refractivity contribution in [2.24, 2.45) is 0 Å². The van der Waals surface area contributed by atoms with Crippen molar-refractivity contribution in [3.8, 4) is 0 Å². The third kappa shape index (κ3) is 4.99. The molecule has 0 aromatic heterocycles. The molecule has 17 heavy (non-hydrogen) atoms. The highest BCUT2D eigenvalue weighted by Gasteiger charge is 2.29. The zero-order valence-electron chi connectivity index (χ0n) is 8.55. The van der Waals surface area contributed by atoms with Crippen LogP contribution in [-0.2, 0) is 11.2 Å². The van der Waals surface area contributed by atoms with E-state index in [1.807, 2.05) is 0 Å². The molecule has 0 bridgehead atoms. The summed E-state index contributed by atoms with van der Waals surface area (Å²) in [5.74, 6) is -0.0760. The number of ketones is 1. The fourth-order valence-corrected chi connectivity index (χ4v) is 1.98. The van der Waals surface area contributed by atoms with E-state index in [2.05, 4.69) is 15.9 Å². The van der Waals surface area contributed by atoms with Crippen LogP contribution in [0.1, 0.15) is 5.56 Å². The van der Waals surface area contributed by atoms with E-state index in [-0.39, 0.29) is 39.9 Å². The molecule has 0 heterocycles. The lowest BCUT2D eigenvalue weighted by Crippen LogP contribution is -2.06. The Kier molecular flexibility index (Phi) is 4.88. The van der Waals surface area contributed by atoms with Crippen molar-refractivity contribution in [3.63, 3.8) is 0 Å². The lowest BCUT2D eigenvalue weighted by Gasteiger charge is -2.09. The number of carbonyl (C=O) groups is 1. The van der Waals surface area contributed by atoms with Gasteiger partial charge in [-0.25, -0.2) is 0 Å². The average molecular weight is 328 g/mol. The SMILES string of the molecule is Nc1cc(SC(F)(F)F)ccc1CC(=O)CBr. The summed E-state index contributed by atoms with van der Waals surface area (Å²) in [6.07, 6.45) is 0.119. The second kappa shape index (κ2) is 5.77. The minimum absolute atomic E-state index is 0.0186. The summed E-state index contributed by atoms with van der Waals surface area (Å²) < 4.78 is 36.3. The largest absolute Gasteiger partial charge is 0.446 e. The van der Waals surface area contributed by atoms with Crippen LogP contribution < -0.4 is 5.73 Å². The fraction of sp³-hybridized carbons (Fsp3) is 0.300. The number of benzene rings is 1. The molecule has 0 saturated carbocycles. The molecule has 2 nitrogen and oxygen atoms in total. The van der Waals surface area contributed by atoms with Crippen molar-refractivity contribution in [2.45, 2.75) is 16.8 Å². The van der Waals surface area contributed by atoms with Crippen LogP contribution in [0.4, 0.5) is 18.9 Å². The molecule has 0 saturated heterocycles. The summed E-state index contributed by atoms with van der Waals surface area (Å²) in [5, 5.41) is 0.200. The highest BCUT2D eigenvalue weighted by Crippen LogP contribution is 2.37. The molecule has 1 aromatic carbocycles. The van der Waals surface area contributed by atoms with Gasteiger partial charge in [0.25, 0.3) is 0 Å². The number of halogens is 4. The van der Waals surface area contributed by atoms with Gasteiger partial charge in [0.1, 0.15) is 5.78 Å². The zero-order chi connectivity index (χ0) is 13.1. The van der Waals surface area contributed by atoms with Crippen molar-refractivity contribution in [1.82, 2.24) is 0 Å². The quantitative estimate of drug-likeness (QED) is 0.523. The van der Waals surface area contributed by atoms with Gasteiger partial charge in [-0.05, 0) is 29.5 Å². The number of thioether (sulfide) groups is 1. The molecule has 2 N–H and O–H groups in total. The minimum Gasteiger partial charge on any atom is -0.398 e. The van der Waals surface area contributed by atoms with Crippen LogP contribution in [0.25, 0.3) is 0 Å². The molecule has 94 valence electrons. The summed E-state index contributed by atoms with van der Waals surface area (Å²) in [6.45, 7) is 0. The van der Waals surface area contributed by atoms with Gasteiger partial charge in [0.05, 0.1) is 5.33 Å². The van der Waals surface area contributed by atoms with E-state index in [1.165, 1.54) is 18.2 Å². The molecule has 0 fully saturated rings. The van der Waals surface area contributed by atoms with Crippen LogP contribution in [0, 0.1) is 0 Å². The minimum atomic E-state index is -4.33. The van der Waals surface area contributed by atoms with Gasteiger partial charge in [0.15, 0.2) is 0 Å². The van der Waals surface area contributed by atoms with E-state index in [0.717, 1.165) is 0 Å². The highest BCUT2D eigenvalue weighted by molar-refractivity contribution is 9.09. The molecule has 0 amide bonds. The number of Topliss-reactive ketones (excluding diaryl/α,β-unsaturated/α-hetero) is 1. The van der Waals surface area contributed by atoms with Crippen LogP contribution in [0.5, 0.6) is 0 Å². The van der Waals surface area contributed by atoms with E-state index in [1.54, 1.807) is 0 Å². The molecular weight excluding hydrogens is 319 g/mol. The second-order valence-corrected chi connectivity index (χ2v) is 4.96. The average Bonchev–Trinajstić information content (AvgIpc) is 2.19. The van der Waals surface area contributed by atoms with Gasteiger partial charge in [-0.1, -0.05) is 22.0 Å². The molecule has 0 atom stereocenters. The lowest BCUT2D eigenvalue weighted by molar-refractivity contribution is -0.115. The third-order valence-electron chi connectivity index (χ3n) is 1.89. The Labute approximate surface area is 109 Å². The Balaban J connectivity index is 2.83. The van der Waals surface area contributed by atoms with Crippen LogP contribution >= 0.6 is 27.7 Å². The number of alkyl halides is 4. The number of hydrogen-bond acceptors (Lipinski definition) is 3. The fourth-order valence-electron chi connectivity index (χ4n) is 1.19. The highest BCUT2D eigenvalue weighted by atomic mass is 79.9. The van der Waals surface area contributed by atoms with Gasteiger partial charge in [-0.15, -0.1) is 0 Å². The smallest absolute Gasteiger partial charge is 0.398 e. The molecule has 0 radical (unpaired) electrons. The molecular formula is C10H9BrF3NOS. The van der Waals surface area contributed by atoms with Crippen molar-refractivity contribution in [2.75, 3.05) is 11.1 Å². The van der Waals surface area contributed by atoms with Gasteiger partial charge in [-0.2, -0.15) is 13.2 Å². The molecule has 7 heteroatoms. The molecule has 0 unspecified atom stereocenters. The summed E-state index contributed by atoms with van der Waals surface area (Å²) in [6, 6.07) is 3.99. The monoisotopic (exact) mass is 327 g/mol. The summed E-state index contributed by atoms with van der Waals surface area (Å²) in [5.41, 5.74) is 2.01. The molecule has 0 aliphatic carbocycles. The van der Waals surface area contributed by atoms with Crippen LogP contribution in [0.2, 0.25) is 0 Å². The normalized spacial score (nSPS) is 11.5. The lowest BCUT2D eigenvalue weighted by atomic mass is 10.1. The van der Waals surface area contributed by atoms with Crippen molar-refractivity contribution in [1.29, 1.82) is 0 Å². The number of anilines is 1. The maximum absolute atomic E-state index is 12.1. The van der Waals surface area contributed by atoms with Crippen LogP contribution in [0.3, 0.4) is 0 Å². The first kappa shape index (κ1) is 14.4. The van der Waals surface area contributed by atoms with E-state index >= 15 is 0 Å². The second-order valence-electron chi connectivity index (χ2n) is 3.26. The number of rotatable bonds is 4. The topological polar surface area (TPSA) is 43.1 Å². The van der Waals surface area contributed by atoms with E-state index in [0.29, 0.717) is 5.56 Å². The van der Waals surface area contributed by atoms with Gasteiger partial charge in [0, 0.05) is 17.0 Å². The van der Waals surface area contributed by atoms with Crippen molar-refractivity contribution >= 4 is 39.2 Å². The third-order valence-corrected chi connectivity index (χ3v) is 3.23. The Morgan fingerprint density at radius 3 is 2.53 bits per heavy atom. The standard InChI is InChI=1S/C10H9BrF3NOS/c11-5-7(16)3-6-1-2-8(4-9(6)15)17-10(12,13)14/h1-2,4H,3,5,15H2. The Bertz CT molecular complexity index is 423. The van der Waals surface area contributed by atoms with E-state index in [4.69, 9.17) is 5.73 Å². The molecule has 1 rings (SSSR count). The predicted molar refractivity (Wildman–Crippen MR) is 65.3 cm³/mol. The number of nitrogen functional groups attached to an aromatic ring is 1. The first-order valence-corrected chi connectivity index (χ1v) is 6.47. The van der Waals surface area contributed by atoms with Crippen molar-refractivity contribution in [3.05, 3.63) is 23.8 Å². The molecule has 0 aliphatic rings. The first-order valence-electron chi connectivity index (χ1n) is 4.53. The maximum atomic E-state index is 12.1. The predicted octanol–water partition coefficient (Wildman–Crippen LogP) is 3.39. The van der Waals surface area contributed by atoms with E-state index in [9.17, 15) is 18.0 Å². The first-order chi connectivity index (χ1) is 7.81. The molecule has 0 spiro atoms. The Morgan fingerprint density at radius 2 is 2.06 bits per heavy atom. The van der Waals surface area contributed by atoms with Gasteiger partial charge < -0.3 is 5.73 Å². The van der Waals surface area contributed by atoms with Gasteiger partial charge in [-0.3, -0.25) is 4.79 Å². The van der Waals surface area contributed by atoms with E-state index < -0.39 is 5.51 Å². The number of hydrogen-bond donors (Lipinski definition) is 1. The van der Waals surface area contributed by atoms with Crippen LogP contribution in [-0.4, -0.2) is 16.6 Å². The zero-order valence-corrected chi connectivity index (χ0v) is 11.0. The summed E-state index contributed by atoms with van der Waals surface area (Å²) in [7, 11) is 0. The number of carbonyl (C=O) groups excluding carboxylic acids is 1. The maximum Gasteiger partial charge on any atom is 0.446 e. The molecule has 0 aliphatic heterocycles. The summed E-state index contributed by atoms with van der Waals surface area (Å²) >= 11 is 2.78.